The van der Waals surface area contributed by atoms with Crippen molar-refractivity contribution in [3.63, 3.8) is 0 Å². The van der Waals surface area contributed by atoms with Crippen molar-refractivity contribution in [1.82, 2.24) is 9.80 Å². The fraction of sp³-hybridized carbons (Fsp3) is 0.346. The summed E-state index contributed by atoms with van der Waals surface area (Å²) in [5.74, 6) is 0.101. The van der Waals surface area contributed by atoms with E-state index in [0.717, 1.165) is 38.3 Å². The second-order valence-corrected chi connectivity index (χ2v) is 8.64. The van der Waals surface area contributed by atoms with Gasteiger partial charge in [-0.1, -0.05) is 87.5 Å². The highest BCUT2D eigenvalue weighted by Gasteiger charge is 2.18. The van der Waals surface area contributed by atoms with Gasteiger partial charge in [-0.25, -0.2) is 0 Å². The summed E-state index contributed by atoms with van der Waals surface area (Å²) in [6, 6.07) is 18.8. The van der Waals surface area contributed by atoms with Gasteiger partial charge >= 0.3 is 0 Å². The third-order valence-corrected chi connectivity index (χ3v) is 5.35. The number of benzene rings is 2. The molecular formula is C26H32N2O. The third-order valence-electron chi connectivity index (χ3n) is 5.35. The van der Waals surface area contributed by atoms with Crippen molar-refractivity contribution in [1.29, 1.82) is 0 Å². The Labute approximate surface area is 175 Å². The SMILES string of the molecule is CC(C)(C)c1ccc(C=CC(=O)N2CCN(CC=Cc3ccccc3)CC2)cc1. The predicted molar refractivity (Wildman–Crippen MR) is 123 cm³/mol. The van der Waals surface area contributed by atoms with Crippen LogP contribution in [0.3, 0.4) is 0 Å². The van der Waals surface area contributed by atoms with Gasteiger partial charge in [0.2, 0.25) is 5.91 Å². The molecule has 1 heterocycles. The van der Waals surface area contributed by atoms with E-state index in [1.807, 2.05) is 17.0 Å². The second kappa shape index (κ2) is 9.71. The molecule has 2 aromatic rings. The van der Waals surface area contributed by atoms with E-state index in [0.29, 0.717) is 0 Å². The van der Waals surface area contributed by atoms with Crippen LogP contribution in [0.2, 0.25) is 0 Å². The van der Waals surface area contributed by atoms with E-state index < -0.39 is 0 Å². The van der Waals surface area contributed by atoms with Gasteiger partial charge in [0.25, 0.3) is 0 Å². The average Bonchev–Trinajstić information content (AvgIpc) is 2.73. The Hall–Kier alpha value is -2.65. The fourth-order valence-electron chi connectivity index (χ4n) is 3.42. The molecule has 0 bridgehead atoms. The van der Waals surface area contributed by atoms with Crippen molar-refractivity contribution in [3.05, 3.63) is 83.4 Å². The quantitative estimate of drug-likeness (QED) is 0.683. The number of nitrogens with zero attached hydrogens (tertiary/aromatic N) is 2. The molecule has 0 radical (unpaired) electrons. The van der Waals surface area contributed by atoms with Gasteiger partial charge in [-0.2, -0.15) is 0 Å². The molecule has 1 fully saturated rings. The van der Waals surface area contributed by atoms with Crippen LogP contribution in [0.25, 0.3) is 12.2 Å². The number of rotatable bonds is 5. The highest BCUT2D eigenvalue weighted by Crippen LogP contribution is 2.22. The Morgan fingerprint density at radius 3 is 2.10 bits per heavy atom. The standard InChI is InChI=1S/C26H32N2O/c1-26(2,3)24-14-11-23(12-15-24)13-16-25(29)28-20-18-27(19-21-28)17-7-10-22-8-5-4-6-9-22/h4-16H,17-21H2,1-3H3. The first-order chi connectivity index (χ1) is 13.9. The van der Waals surface area contributed by atoms with Gasteiger partial charge in [0.1, 0.15) is 0 Å². The first kappa shape index (κ1) is 21.1. The van der Waals surface area contributed by atoms with Crippen LogP contribution in [0, 0.1) is 0 Å². The van der Waals surface area contributed by atoms with E-state index in [9.17, 15) is 4.79 Å². The minimum absolute atomic E-state index is 0.101. The number of carbonyl (C=O) groups excluding carboxylic acids is 1. The van der Waals surface area contributed by atoms with Crippen LogP contribution in [0.15, 0.2) is 66.7 Å². The summed E-state index contributed by atoms with van der Waals surface area (Å²) in [7, 11) is 0. The van der Waals surface area contributed by atoms with Crippen LogP contribution in [-0.2, 0) is 10.2 Å². The van der Waals surface area contributed by atoms with Crippen molar-refractivity contribution in [2.24, 2.45) is 0 Å². The Morgan fingerprint density at radius 2 is 1.48 bits per heavy atom. The molecule has 3 heteroatoms. The second-order valence-electron chi connectivity index (χ2n) is 8.64. The number of hydrogen-bond acceptors (Lipinski definition) is 2. The summed E-state index contributed by atoms with van der Waals surface area (Å²) in [5, 5.41) is 0. The Morgan fingerprint density at radius 1 is 0.862 bits per heavy atom. The maximum absolute atomic E-state index is 12.5. The number of amides is 1. The topological polar surface area (TPSA) is 23.6 Å². The molecule has 3 nitrogen and oxygen atoms in total. The number of piperazine rings is 1. The van der Waals surface area contributed by atoms with Crippen LogP contribution in [0.5, 0.6) is 0 Å². The highest BCUT2D eigenvalue weighted by atomic mass is 16.2. The van der Waals surface area contributed by atoms with E-state index in [1.54, 1.807) is 6.08 Å². The van der Waals surface area contributed by atoms with Gasteiger partial charge in [0, 0.05) is 38.8 Å². The molecule has 1 aliphatic rings. The van der Waals surface area contributed by atoms with Crippen molar-refractivity contribution >= 4 is 18.1 Å². The highest BCUT2D eigenvalue weighted by molar-refractivity contribution is 5.91. The molecule has 2 aromatic carbocycles. The Balaban J connectivity index is 1.45. The van der Waals surface area contributed by atoms with E-state index in [1.165, 1.54) is 11.1 Å². The molecule has 0 saturated carbocycles. The summed E-state index contributed by atoms with van der Waals surface area (Å²) in [6.45, 7) is 10.9. The minimum Gasteiger partial charge on any atom is -0.337 e. The summed E-state index contributed by atoms with van der Waals surface area (Å²) in [6.07, 6.45) is 7.99. The molecule has 1 amide bonds. The molecule has 0 aliphatic carbocycles. The van der Waals surface area contributed by atoms with E-state index >= 15 is 0 Å². The first-order valence-electron chi connectivity index (χ1n) is 10.4. The lowest BCUT2D eigenvalue weighted by molar-refractivity contribution is -0.127. The maximum atomic E-state index is 12.5. The normalized spacial score (nSPS) is 16.0. The smallest absolute Gasteiger partial charge is 0.246 e. The van der Waals surface area contributed by atoms with Gasteiger partial charge < -0.3 is 4.90 Å². The number of carbonyl (C=O) groups is 1. The Kier molecular flexibility index (Phi) is 7.05. The molecule has 152 valence electrons. The van der Waals surface area contributed by atoms with Gasteiger partial charge in [-0.05, 0) is 28.2 Å². The van der Waals surface area contributed by atoms with Crippen molar-refractivity contribution in [2.75, 3.05) is 32.7 Å². The lowest BCUT2D eigenvalue weighted by atomic mass is 9.87. The molecule has 3 rings (SSSR count). The molecule has 1 aliphatic heterocycles. The summed E-state index contributed by atoms with van der Waals surface area (Å²) in [4.78, 5) is 16.8. The zero-order chi connectivity index (χ0) is 20.7. The van der Waals surface area contributed by atoms with E-state index in [4.69, 9.17) is 0 Å². The zero-order valence-electron chi connectivity index (χ0n) is 17.8. The lowest BCUT2D eigenvalue weighted by Gasteiger charge is -2.33. The summed E-state index contributed by atoms with van der Waals surface area (Å²) < 4.78 is 0. The predicted octanol–water partition coefficient (Wildman–Crippen LogP) is 4.85. The van der Waals surface area contributed by atoms with Crippen LogP contribution in [0.1, 0.15) is 37.5 Å². The van der Waals surface area contributed by atoms with Crippen LogP contribution in [-0.4, -0.2) is 48.4 Å². The molecular weight excluding hydrogens is 356 g/mol. The first-order valence-corrected chi connectivity index (χ1v) is 10.4. The molecule has 0 spiro atoms. The fourth-order valence-corrected chi connectivity index (χ4v) is 3.42. The summed E-state index contributed by atoms with van der Waals surface area (Å²) in [5.41, 5.74) is 3.74. The van der Waals surface area contributed by atoms with E-state index in [-0.39, 0.29) is 11.3 Å². The van der Waals surface area contributed by atoms with Crippen molar-refractivity contribution < 1.29 is 4.79 Å². The largest absolute Gasteiger partial charge is 0.337 e. The number of hydrogen-bond donors (Lipinski definition) is 0. The molecule has 0 aromatic heterocycles. The third kappa shape index (κ3) is 6.43. The molecule has 0 unspecified atom stereocenters. The average molecular weight is 389 g/mol. The van der Waals surface area contributed by atoms with Gasteiger partial charge in [0.05, 0.1) is 0 Å². The molecule has 0 atom stereocenters. The minimum atomic E-state index is 0.101. The van der Waals surface area contributed by atoms with Gasteiger partial charge in [-0.15, -0.1) is 0 Å². The maximum Gasteiger partial charge on any atom is 0.246 e. The zero-order valence-corrected chi connectivity index (χ0v) is 17.8. The molecule has 1 saturated heterocycles. The monoisotopic (exact) mass is 388 g/mol. The van der Waals surface area contributed by atoms with Gasteiger partial charge in [0.15, 0.2) is 0 Å². The van der Waals surface area contributed by atoms with Crippen molar-refractivity contribution in [2.45, 2.75) is 26.2 Å². The lowest BCUT2D eigenvalue weighted by Crippen LogP contribution is -2.48. The summed E-state index contributed by atoms with van der Waals surface area (Å²) >= 11 is 0. The van der Waals surface area contributed by atoms with Crippen molar-refractivity contribution in [3.8, 4) is 0 Å². The van der Waals surface area contributed by atoms with Crippen LogP contribution >= 0.6 is 0 Å². The van der Waals surface area contributed by atoms with Crippen LogP contribution < -0.4 is 0 Å². The molecule has 29 heavy (non-hydrogen) atoms. The van der Waals surface area contributed by atoms with E-state index in [2.05, 4.69) is 86.4 Å². The molecule has 0 N–H and O–H groups in total. The Bertz CT molecular complexity index is 837. The van der Waals surface area contributed by atoms with Gasteiger partial charge in [-0.3, -0.25) is 9.69 Å². The van der Waals surface area contributed by atoms with Crippen LogP contribution in [0.4, 0.5) is 0 Å².